The second-order valence-corrected chi connectivity index (χ2v) is 4.01. The monoisotopic (exact) mass is 244 g/mol. The van der Waals surface area contributed by atoms with Gasteiger partial charge in [0.25, 0.3) is 0 Å². The zero-order valence-electron chi connectivity index (χ0n) is 9.53. The van der Waals surface area contributed by atoms with Crippen molar-refractivity contribution in [3.8, 4) is 6.01 Å². The number of methoxy groups -OCH3 is 1. The van der Waals surface area contributed by atoms with Gasteiger partial charge >= 0.3 is 6.01 Å². The van der Waals surface area contributed by atoms with Gasteiger partial charge in [0.15, 0.2) is 5.82 Å². The molecule has 0 aliphatic carbocycles. The summed E-state index contributed by atoms with van der Waals surface area (Å²) in [5, 5.41) is 3.61. The van der Waals surface area contributed by atoms with E-state index in [0.717, 1.165) is 19.4 Å². The van der Waals surface area contributed by atoms with Crippen LogP contribution in [-0.2, 0) is 0 Å². The average Bonchev–Trinajstić information content (AvgIpc) is 2.26. The Labute approximate surface area is 100 Å². The maximum absolute atomic E-state index is 5.93. The Hall–Kier alpha value is -1.07. The summed E-state index contributed by atoms with van der Waals surface area (Å²) in [6.45, 7) is 2.77. The first kappa shape index (κ1) is 13.0. The van der Waals surface area contributed by atoms with Crippen LogP contribution < -0.4 is 15.8 Å². The van der Waals surface area contributed by atoms with Gasteiger partial charge in [-0.1, -0.05) is 11.6 Å². The average molecular weight is 245 g/mol. The van der Waals surface area contributed by atoms with Crippen molar-refractivity contribution in [2.45, 2.75) is 25.8 Å². The lowest BCUT2D eigenvalue weighted by atomic mass is 10.2. The van der Waals surface area contributed by atoms with Crippen molar-refractivity contribution in [2.75, 3.05) is 19.0 Å². The van der Waals surface area contributed by atoms with Gasteiger partial charge in [0, 0.05) is 12.6 Å². The van der Waals surface area contributed by atoms with Gasteiger partial charge in [0.05, 0.1) is 13.3 Å². The lowest BCUT2D eigenvalue weighted by Crippen LogP contribution is -2.16. The van der Waals surface area contributed by atoms with E-state index in [9.17, 15) is 0 Å². The lowest BCUT2D eigenvalue weighted by molar-refractivity contribution is 0.380. The van der Waals surface area contributed by atoms with Crippen LogP contribution in [-0.4, -0.2) is 29.7 Å². The maximum Gasteiger partial charge on any atom is 0.318 e. The molecule has 1 atom stereocenters. The topological polar surface area (TPSA) is 73.1 Å². The summed E-state index contributed by atoms with van der Waals surface area (Å²) in [7, 11) is 1.52. The SMILES string of the molecule is COc1ncc(Cl)c(NCCCC(C)N)n1. The number of nitrogens with two attached hydrogens (primary N) is 1. The minimum atomic E-state index is 0.220. The molecule has 1 aromatic heterocycles. The van der Waals surface area contributed by atoms with Crippen LogP contribution in [0.25, 0.3) is 0 Å². The molecule has 0 bridgehead atoms. The molecule has 90 valence electrons. The van der Waals surface area contributed by atoms with E-state index in [1.807, 2.05) is 6.92 Å². The zero-order chi connectivity index (χ0) is 12.0. The second-order valence-electron chi connectivity index (χ2n) is 3.60. The van der Waals surface area contributed by atoms with Crippen molar-refractivity contribution in [1.29, 1.82) is 0 Å². The summed E-state index contributed by atoms with van der Waals surface area (Å²) in [5.41, 5.74) is 5.65. The molecule has 5 nitrogen and oxygen atoms in total. The van der Waals surface area contributed by atoms with Crippen LogP contribution in [0.4, 0.5) is 5.82 Å². The van der Waals surface area contributed by atoms with Crippen LogP contribution in [0.3, 0.4) is 0 Å². The third kappa shape index (κ3) is 4.20. The second kappa shape index (κ2) is 6.50. The molecule has 0 saturated heterocycles. The van der Waals surface area contributed by atoms with E-state index in [4.69, 9.17) is 22.1 Å². The molecule has 0 saturated carbocycles. The first-order valence-corrected chi connectivity index (χ1v) is 5.57. The van der Waals surface area contributed by atoms with E-state index in [2.05, 4.69) is 15.3 Å². The third-order valence-corrected chi connectivity index (χ3v) is 2.31. The van der Waals surface area contributed by atoms with Crippen molar-refractivity contribution in [3.63, 3.8) is 0 Å². The zero-order valence-corrected chi connectivity index (χ0v) is 10.3. The van der Waals surface area contributed by atoms with E-state index >= 15 is 0 Å². The summed E-state index contributed by atoms with van der Waals surface area (Å²) in [4.78, 5) is 7.99. The van der Waals surface area contributed by atoms with Crippen molar-refractivity contribution < 1.29 is 4.74 Å². The molecule has 0 aromatic carbocycles. The Morgan fingerprint density at radius 2 is 2.38 bits per heavy atom. The predicted molar refractivity (Wildman–Crippen MR) is 65.0 cm³/mol. The lowest BCUT2D eigenvalue weighted by Gasteiger charge is -2.09. The summed E-state index contributed by atoms with van der Waals surface area (Å²) in [6, 6.07) is 0.524. The van der Waals surface area contributed by atoms with Crippen LogP contribution in [0.5, 0.6) is 6.01 Å². The molecule has 0 aliphatic rings. The fourth-order valence-corrected chi connectivity index (χ4v) is 1.36. The van der Waals surface area contributed by atoms with Gasteiger partial charge in [-0.05, 0) is 19.8 Å². The summed E-state index contributed by atoms with van der Waals surface area (Å²) < 4.78 is 4.91. The summed E-state index contributed by atoms with van der Waals surface area (Å²) >= 11 is 5.93. The fourth-order valence-electron chi connectivity index (χ4n) is 1.20. The van der Waals surface area contributed by atoms with Crippen LogP contribution >= 0.6 is 11.6 Å². The number of nitrogens with zero attached hydrogens (tertiary/aromatic N) is 2. The molecule has 6 heteroatoms. The number of anilines is 1. The number of ether oxygens (including phenoxy) is 1. The normalized spacial score (nSPS) is 12.2. The molecule has 3 N–H and O–H groups in total. The number of hydrogen-bond acceptors (Lipinski definition) is 5. The van der Waals surface area contributed by atoms with Crippen molar-refractivity contribution >= 4 is 17.4 Å². The molecular formula is C10H17ClN4O. The Bertz CT molecular complexity index is 333. The van der Waals surface area contributed by atoms with E-state index in [0.29, 0.717) is 16.9 Å². The van der Waals surface area contributed by atoms with Gasteiger partial charge in [-0.15, -0.1) is 0 Å². The minimum Gasteiger partial charge on any atom is -0.467 e. The van der Waals surface area contributed by atoms with Crippen molar-refractivity contribution in [1.82, 2.24) is 9.97 Å². The van der Waals surface area contributed by atoms with Gasteiger partial charge in [-0.2, -0.15) is 4.98 Å². The highest BCUT2D eigenvalue weighted by atomic mass is 35.5. The molecule has 0 aliphatic heterocycles. The van der Waals surface area contributed by atoms with Crippen LogP contribution in [0.15, 0.2) is 6.20 Å². The standard InChI is InChI=1S/C10H17ClN4O/c1-7(12)4-3-5-13-9-8(11)6-14-10(15-9)16-2/h6-7H,3-5,12H2,1-2H3,(H,13,14,15). The highest BCUT2D eigenvalue weighted by Gasteiger charge is 2.04. The number of rotatable bonds is 6. The maximum atomic E-state index is 5.93. The highest BCUT2D eigenvalue weighted by Crippen LogP contribution is 2.19. The Balaban J connectivity index is 2.46. The highest BCUT2D eigenvalue weighted by molar-refractivity contribution is 6.32. The molecule has 0 spiro atoms. The number of aromatic nitrogens is 2. The van der Waals surface area contributed by atoms with Gasteiger partial charge in [0.2, 0.25) is 0 Å². The Morgan fingerprint density at radius 3 is 3.00 bits per heavy atom. The quantitative estimate of drug-likeness (QED) is 0.745. The molecule has 1 unspecified atom stereocenters. The van der Waals surface area contributed by atoms with E-state index < -0.39 is 0 Å². The predicted octanol–water partition coefficient (Wildman–Crippen LogP) is 1.68. The van der Waals surface area contributed by atoms with Gasteiger partial charge in [-0.25, -0.2) is 4.98 Å². The van der Waals surface area contributed by atoms with Crippen molar-refractivity contribution in [3.05, 3.63) is 11.2 Å². The Morgan fingerprint density at radius 1 is 1.62 bits per heavy atom. The van der Waals surface area contributed by atoms with Crippen LogP contribution in [0, 0.1) is 0 Å². The number of halogens is 1. The molecule has 1 rings (SSSR count). The molecule has 0 radical (unpaired) electrons. The molecule has 1 heterocycles. The van der Waals surface area contributed by atoms with Gasteiger partial charge < -0.3 is 15.8 Å². The number of nitrogens with one attached hydrogen (secondary N) is 1. The van der Waals surface area contributed by atoms with Crippen LogP contribution in [0.2, 0.25) is 5.02 Å². The van der Waals surface area contributed by atoms with Crippen molar-refractivity contribution in [2.24, 2.45) is 5.73 Å². The van der Waals surface area contributed by atoms with Gasteiger partial charge in [-0.3, -0.25) is 0 Å². The largest absolute Gasteiger partial charge is 0.467 e. The first-order valence-electron chi connectivity index (χ1n) is 5.19. The van der Waals surface area contributed by atoms with Gasteiger partial charge in [0.1, 0.15) is 5.02 Å². The smallest absolute Gasteiger partial charge is 0.318 e. The van der Waals surface area contributed by atoms with Crippen LogP contribution in [0.1, 0.15) is 19.8 Å². The van der Waals surface area contributed by atoms with E-state index in [-0.39, 0.29) is 6.04 Å². The molecule has 0 fully saturated rings. The first-order chi connectivity index (χ1) is 7.63. The minimum absolute atomic E-state index is 0.220. The van der Waals surface area contributed by atoms with E-state index in [1.165, 1.54) is 13.3 Å². The third-order valence-electron chi connectivity index (χ3n) is 2.03. The number of hydrogen-bond donors (Lipinski definition) is 2. The fraction of sp³-hybridized carbons (Fsp3) is 0.600. The summed E-state index contributed by atoms with van der Waals surface area (Å²) in [5.74, 6) is 0.596. The summed E-state index contributed by atoms with van der Waals surface area (Å²) in [6.07, 6.45) is 3.45. The molecule has 16 heavy (non-hydrogen) atoms. The Kier molecular flexibility index (Phi) is 5.28. The molecule has 1 aromatic rings. The molecular weight excluding hydrogens is 228 g/mol. The molecule has 0 amide bonds. The van der Waals surface area contributed by atoms with E-state index in [1.54, 1.807) is 0 Å².